The molecule has 0 bridgehead atoms. The Balaban J connectivity index is 2.44. The number of hydrogen-bond donors (Lipinski definition) is 2. The summed E-state index contributed by atoms with van der Waals surface area (Å²) in [5, 5.41) is 9.11. The molecule has 1 rings (SSSR count). The molecular formula is C15H29NO5S. The molecule has 0 spiro atoms. The van der Waals surface area contributed by atoms with Crippen LogP contribution < -0.4 is 4.72 Å². The van der Waals surface area contributed by atoms with E-state index >= 15 is 0 Å². The van der Waals surface area contributed by atoms with Crippen molar-refractivity contribution in [2.75, 3.05) is 12.4 Å². The zero-order chi connectivity index (χ0) is 16.8. The van der Waals surface area contributed by atoms with E-state index in [0.717, 1.165) is 12.8 Å². The van der Waals surface area contributed by atoms with Gasteiger partial charge in [0.2, 0.25) is 10.0 Å². The maximum atomic E-state index is 12.1. The summed E-state index contributed by atoms with van der Waals surface area (Å²) in [6.45, 7) is 5.94. The Morgan fingerprint density at radius 1 is 1.27 bits per heavy atom. The first-order valence-corrected chi connectivity index (χ1v) is 9.69. The molecule has 1 fully saturated rings. The van der Waals surface area contributed by atoms with Crippen molar-refractivity contribution in [1.29, 1.82) is 0 Å². The predicted octanol–water partition coefficient (Wildman–Crippen LogP) is 2.00. The van der Waals surface area contributed by atoms with Crippen LogP contribution in [0.5, 0.6) is 0 Å². The normalized spacial score (nSPS) is 19.5. The quantitative estimate of drug-likeness (QED) is 0.637. The average molecular weight is 335 g/mol. The van der Waals surface area contributed by atoms with Crippen LogP contribution in [0.15, 0.2) is 0 Å². The Morgan fingerprint density at radius 3 is 2.36 bits per heavy atom. The SMILES string of the molecule is CC(C)C[C@@H](NS(=O)(=O)CC(C)COC1CCCC1)C(=O)O. The molecule has 2 N–H and O–H groups in total. The predicted molar refractivity (Wildman–Crippen MR) is 85.2 cm³/mol. The number of sulfonamides is 1. The summed E-state index contributed by atoms with van der Waals surface area (Å²) in [6, 6.07) is -1.06. The first-order chi connectivity index (χ1) is 10.2. The van der Waals surface area contributed by atoms with Crippen molar-refractivity contribution in [1.82, 2.24) is 4.72 Å². The highest BCUT2D eigenvalue weighted by Gasteiger charge is 2.26. The fourth-order valence-electron chi connectivity index (χ4n) is 2.71. The van der Waals surface area contributed by atoms with Gasteiger partial charge in [0.15, 0.2) is 0 Å². The lowest BCUT2D eigenvalue weighted by molar-refractivity contribution is -0.139. The highest BCUT2D eigenvalue weighted by molar-refractivity contribution is 7.89. The van der Waals surface area contributed by atoms with Gasteiger partial charge in [-0.1, -0.05) is 33.6 Å². The Bertz CT molecular complexity index is 443. The molecule has 0 saturated heterocycles. The number of nitrogens with one attached hydrogen (secondary N) is 1. The van der Waals surface area contributed by atoms with Gasteiger partial charge in [0.25, 0.3) is 0 Å². The van der Waals surface area contributed by atoms with Gasteiger partial charge in [-0.05, 0) is 31.1 Å². The summed E-state index contributed by atoms with van der Waals surface area (Å²) in [5.41, 5.74) is 0. The van der Waals surface area contributed by atoms with Crippen molar-refractivity contribution in [3.63, 3.8) is 0 Å². The van der Waals surface area contributed by atoms with Gasteiger partial charge in [-0.25, -0.2) is 13.1 Å². The van der Waals surface area contributed by atoms with Gasteiger partial charge in [-0.3, -0.25) is 4.79 Å². The molecule has 2 atom stereocenters. The highest BCUT2D eigenvalue weighted by atomic mass is 32.2. The number of ether oxygens (including phenoxy) is 1. The minimum absolute atomic E-state index is 0.104. The summed E-state index contributed by atoms with van der Waals surface area (Å²) in [5.74, 6) is -1.30. The molecule has 1 aliphatic carbocycles. The number of rotatable bonds is 10. The van der Waals surface area contributed by atoms with Crippen LogP contribution in [0.2, 0.25) is 0 Å². The van der Waals surface area contributed by atoms with Crippen molar-refractivity contribution >= 4 is 16.0 Å². The van der Waals surface area contributed by atoms with Crippen LogP contribution in [-0.4, -0.2) is 44.0 Å². The minimum Gasteiger partial charge on any atom is -0.480 e. The molecule has 0 radical (unpaired) electrons. The number of carbonyl (C=O) groups is 1. The van der Waals surface area contributed by atoms with Gasteiger partial charge in [0.05, 0.1) is 18.5 Å². The third-order valence-electron chi connectivity index (χ3n) is 3.75. The molecule has 0 aromatic rings. The van der Waals surface area contributed by atoms with E-state index in [2.05, 4.69) is 4.72 Å². The van der Waals surface area contributed by atoms with E-state index in [-0.39, 0.29) is 30.1 Å². The van der Waals surface area contributed by atoms with Gasteiger partial charge in [0.1, 0.15) is 6.04 Å². The van der Waals surface area contributed by atoms with E-state index in [4.69, 9.17) is 9.84 Å². The number of carboxylic acid groups (broad SMARTS) is 1. The molecule has 0 aromatic carbocycles. The average Bonchev–Trinajstić information content (AvgIpc) is 2.87. The van der Waals surface area contributed by atoms with Crippen LogP contribution in [0.1, 0.15) is 52.9 Å². The van der Waals surface area contributed by atoms with Crippen LogP contribution in [0.25, 0.3) is 0 Å². The lowest BCUT2D eigenvalue weighted by Gasteiger charge is -2.19. The molecule has 7 heteroatoms. The maximum absolute atomic E-state index is 12.1. The second-order valence-corrected chi connectivity index (χ2v) is 8.56. The zero-order valence-electron chi connectivity index (χ0n) is 13.7. The van der Waals surface area contributed by atoms with Gasteiger partial charge in [-0.15, -0.1) is 0 Å². The topological polar surface area (TPSA) is 92.7 Å². The van der Waals surface area contributed by atoms with Crippen LogP contribution in [0.3, 0.4) is 0 Å². The summed E-state index contributed by atoms with van der Waals surface area (Å²) < 4.78 is 32.2. The van der Waals surface area contributed by atoms with Crippen molar-refractivity contribution < 1.29 is 23.1 Å². The van der Waals surface area contributed by atoms with Crippen molar-refractivity contribution in [2.45, 2.75) is 65.0 Å². The van der Waals surface area contributed by atoms with Crippen LogP contribution in [0, 0.1) is 11.8 Å². The molecular weight excluding hydrogens is 306 g/mol. The van der Waals surface area contributed by atoms with Gasteiger partial charge in [-0.2, -0.15) is 0 Å². The Morgan fingerprint density at radius 2 is 1.86 bits per heavy atom. The van der Waals surface area contributed by atoms with E-state index in [1.165, 1.54) is 12.8 Å². The second kappa shape index (κ2) is 8.84. The first kappa shape index (κ1) is 19.4. The van der Waals surface area contributed by atoms with Gasteiger partial charge < -0.3 is 9.84 Å². The van der Waals surface area contributed by atoms with Crippen molar-refractivity contribution in [3.8, 4) is 0 Å². The monoisotopic (exact) mass is 335 g/mol. The van der Waals surface area contributed by atoms with E-state index in [1.807, 2.05) is 20.8 Å². The lowest BCUT2D eigenvalue weighted by Crippen LogP contribution is -2.43. The van der Waals surface area contributed by atoms with E-state index in [9.17, 15) is 13.2 Å². The molecule has 130 valence electrons. The molecule has 0 heterocycles. The molecule has 6 nitrogen and oxygen atoms in total. The Hall–Kier alpha value is -0.660. The molecule has 0 aromatic heterocycles. The van der Waals surface area contributed by atoms with Crippen LogP contribution in [0.4, 0.5) is 0 Å². The van der Waals surface area contributed by atoms with E-state index < -0.39 is 22.0 Å². The Kier molecular flexibility index (Phi) is 7.79. The standard InChI is InChI=1S/C15H29NO5S/c1-11(2)8-14(15(17)18)16-22(19,20)10-12(3)9-21-13-6-4-5-7-13/h11-14,16H,4-10H2,1-3H3,(H,17,18)/t12?,14-/m1/s1. The lowest BCUT2D eigenvalue weighted by atomic mass is 10.1. The summed E-state index contributed by atoms with van der Waals surface area (Å²) in [6.07, 6.45) is 4.98. The van der Waals surface area contributed by atoms with Crippen molar-refractivity contribution in [3.05, 3.63) is 0 Å². The fraction of sp³-hybridized carbons (Fsp3) is 0.933. The second-order valence-electron chi connectivity index (χ2n) is 6.76. The number of aliphatic carboxylic acids is 1. The van der Waals surface area contributed by atoms with Gasteiger partial charge in [0, 0.05) is 0 Å². The van der Waals surface area contributed by atoms with Crippen LogP contribution in [-0.2, 0) is 19.6 Å². The third-order valence-corrected chi connectivity index (χ3v) is 5.40. The largest absolute Gasteiger partial charge is 0.480 e. The molecule has 22 heavy (non-hydrogen) atoms. The molecule has 1 saturated carbocycles. The summed E-state index contributed by atoms with van der Waals surface area (Å²) >= 11 is 0. The summed E-state index contributed by atoms with van der Waals surface area (Å²) in [4.78, 5) is 11.1. The number of carboxylic acids is 1. The smallest absolute Gasteiger partial charge is 0.321 e. The zero-order valence-corrected chi connectivity index (χ0v) is 14.6. The molecule has 0 amide bonds. The molecule has 1 unspecified atom stereocenters. The number of hydrogen-bond acceptors (Lipinski definition) is 4. The minimum atomic E-state index is -3.63. The van der Waals surface area contributed by atoms with Crippen LogP contribution >= 0.6 is 0 Å². The van der Waals surface area contributed by atoms with E-state index in [1.54, 1.807) is 0 Å². The maximum Gasteiger partial charge on any atom is 0.321 e. The molecule has 0 aliphatic heterocycles. The van der Waals surface area contributed by atoms with Gasteiger partial charge >= 0.3 is 5.97 Å². The third kappa shape index (κ3) is 7.56. The van der Waals surface area contributed by atoms with Crippen molar-refractivity contribution in [2.24, 2.45) is 11.8 Å². The fourth-order valence-corrected chi connectivity index (χ4v) is 4.29. The highest BCUT2D eigenvalue weighted by Crippen LogP contribution is 2.21. The molecule has 1 aliphatic rings. The Labute approximate surface area is 133 Å². The van der Waals surface area contributed by atoms with E-state index in [0.29, 0.717) is 6.61 Å². The first-order valence-electron chi connectivity index (χ1n) is 8.04. The summed E-state index contributed by atoms with van der Waals surface area (Å²) in [7, 11) is -3.63.